The molecule has 0 radical (unpaired) electrons. The highest BCUT2D eigenvalue weighted by atomic mass is 35.5. The molecule has 0 bridgehead atoms. The lowest BCUT2D eigenvalue weighted by Gasteiger charge is -2.07. The number of carbonyl (C=O) groups excluding carboxylic acids is 1. The van der Waals surface area contributed by atoms with E-state index in [1.165, 1.54) is 31.0 Å². The quantitative estimate of drug-likeness (QED) is 0.399. The van der Waals surface area contributed by atoms with Crippen LogP contribution in [0.15, 0.2) is 42.9 Å². The number of hydrogen-bond acceptors (Lipinski definition) is 7. The molecule has 3 heterocycles. The van der Waals surface area contributed by atoms with E-state index in [4.69, 9.17) is 23.2 Å². The van der Waals surface area contributed by atoms with Gasteiger partial charge in [0.25, 0.3) is 0 Å². The zero-order chi connectivity index (χ0) is 22.0. The normalized spacial score (nSPS) is 10.5. The number of methoxy groups -OCH3 is 1. The Bertz CT molecular complexity index is 1310. The molecule has 0 unspecified atom stereocenters. The van der Waals surface area contributed by atoms with E-state index in [9.17, 15) is 10.1 Å². The number of H-pyrrole nitrogens is 1. The van der Waals surface area contributed by atoms with Gasteiger partial charge in [0.15, 0.2) is 5.82 Å². The summed E-state index contributed by atoms with van der Waals surface area (Å²) >= 11 is 13.9. The monoisotopic (exact) mass is 470 g/mol. The topological polar surface area (TPSA) is 117 Å². The Hall–Kier alpha value is -3.45. The number of aromatic amines is 1. The van der Waals surface area contributed by atoms with Crippen molar-refractivity contribution in [2.45, 2.75) is 0 Å². The molecule has 1 aromatic carbocycles. The number of nitrogens with one attached hydrogen (secondary N) is 2. The van der Waals surface area contributed by atoms with Gasteiger partial charge in [-0.25, -0.2) is 9.78 Å². The molecule has 0 saturated heterocycles. The molecule has 0 fully saturated rings. The van der Waals surface area contributed by atoms with Crippen LogP contribution in [-0.4, -0.2) is 33.4 Å². The summed E-state index contributed by atoms with van der Waals surface area (Å²) in [5.41, 5.74) is 2.33. The maximum Gasteiger partial charge on any atom is 0.412 e. The average Bonchev–Trinajstić information content (AvgIpc) is 3.41. The Morgan fingerprint density at radius 3 is 2.77 bits per heavy atom. The zero-order valence-corrected chi connectivity index (χ0v) is 18.1. The number of rotatable bonds is 4. The highest BCUT2D eigenvalue weighted by Gasteiger charge is 2.25. The van der Waals surface area contributed by atoms with Crippen molar-refractivity contribution in [3.63, 3.8) is 0 Å². The van der Waals surface area contributed by atoms with E-state index in [-0.39, 0.29) is 5.82 Å². The summed E-state index contributed by atoms with van der Waals surface area (Å²) in [6, 6.07) is 10.8. The Kier molecular flexibility index (Phi) is 5.86. The lowest BCUT2D eigenvalue weighted by Crippen LogP contribution is -2.11. The van der Waals surface area contributed by atoms with Gasteiger partial charge in [0, 0.05) is 27.4 Å². The summed E-state index contributed by atoms with van der Waals surface area (Å²) in [6.07, 6.45) is 2.34. The first-order valence-electron chi connectivity index (χ1n) is 8.72. The highest BCUT2D eigenvalue weighted by molar-refractivity contribution is 7.19. The summed E-state index contributed by atoms with van der Waals surface area (Å²) in [4.78, 5) is 20.0. The van der Waals surface area contributed by atoms with E-state index in [1.807, 2.05) is 0 Å². The second-order valence-corrected chi connectivity index (χ2v) is 7.99. The van der Waals surface area contributed by atoms with Gasteiger partial charge in [-0.15, -0.1) is 21.5 Å². The highest BCUT2D eigenvalue weighted by Crippen LogP contribution is 2.48. The molecule has 8 nitrogen and oxygen atoms in total. The van der Waals surface area contributed by atoms with Gasteiger partial charge < -0.3 is 9.72 Å². The number of pyridine rings is 1. The molecular formula is C20H12Cl2N6O2S. The van der Waals surface area contributed by atoms with E-state index >= 15 is 0 Å². The summed E-state index contributed by atoms with van der Waals surface area (Å²) in [5, 5.41) is 21.4. The molecule has 0 spiro atoms. The third kappa shape index (κ3) is 4.09. The van der Waals surface area contributed by atoms with Gasteiger partial charge in [0.2, 0.25) is 0 Å². The van der Waals surface area contributed by atoms with E-state index in [0.29, 0.717) is 47.9 Å². The molecule has 0 aliphatic rings. The van der Waals surface area contributed by atoms with Gasteiger partial charge in [-0.3, -0.25) is 5.32 Å². The maximum atomic E-state index is 11.5. The van der Waals surface area contributed by atoms with Crippen LogP contribution in [0, 0.1) is 11.3 Å². The molecule has 0 aliphatic heterocycles. The van der Waals surface area contributed by atoms with Gasteiger partial charge in [-0.2, -0.15) is 5.26 Å². The van der Waals surface area contributed by atoms with Crippen molar-refractivity contribution < 1.29 is 9.53 Å². The van der Waals surface area contributed by atoms with Crippen LogP contribution in [0.4, 0.5) is 10.6 Å². The minimum Gasteiger partial charge on any atom is -0.453 e. The first-order valence-corrected chi connectivity index (χ1v) is 10.3. The Balaban J connectivity index is 1.94. The molecule has 2 N–H and O–H groups in total. The summed E-state index contributed by atoms with van der Waals surface area (Å²) in [7, 11) is 1.26. The molecule has 11 heteroatoms. The number of benzene rings is 1. The van der Waals surface area contributed by atoms with Crippen molar-refractivity contribution in [3.8, 4) is 38.3 Å². The van der Waals surface area contributed by atoms with Gasteiger partial charge in [-0.1, -0.05) is 29.3 Å². The molecule has 0 aliphatic carbocycles. The number of halogens is 2. The minimum atomic E-state index is -0.646. The third-order valence-corrected chi connectivity index (χ3v) is 6.08. The van der Waals surface area contributed by atoms with Crippen molar-refractivity contribution in [1.82, 2.24) is 20.2 Å². The standard InChI is InChI=1S/C20H12Cl2N6O2S/c1-30-20(29)27-15-6-10(4-5-24-15)17-13(8-23)16(12-3-2-11(21)7-14(12)22)18(31-17)19-25-9-26-28-19/h2-7,9H,1H3,(H,24,27,29)(H,25,26,28). The smallest absolute Gasteiger partial charge is 0.412 e. The van der Waals surface area contributed by atoms with Crippen molar-refractivity contribution >= 4 is 46.4 Å². The van der Waals surface area contributed by atoms with Gasteiger partial charge in [-0.05, 0) is 29.8 Å². The molecule has 1 amide bonds. The summed E-state index contributed by atoms with van der Waals surface area (Å²) in [6.45, 7) is 0. The predicted octanol–water partition coefficient (Wildman–Crippen LogP) is 5.62. The summed E-state index contributed by atoms with van der Waals surface area (Å²) in [5.74, 6) is 0.782. The fraction of sp³-hybridized carbons (Fsp3) is 0.0500. The molecule has 4 rings (SSSR count). The van der Waals surface area contributed by atoms with Crippen LogP contribution < -0.4 is 5.32 Å². The van der Waals surface area contributed by atoms with E-state index < -0.39 is 6.09 Å². The van der Waals surface area contributed by atoms with E-state index in [1.54, 1.807) is 30.3 Å². The van der Waals surface area contributed by atoms with Crippen molar-refractivity contribution in [1.29, 1.82) is 5.26 Å². The molecule has 4 aromatic rings. The second kappa shape index (κ2) is 8.73. The molecule has 0 saturated carbocycles. The fourth-order valence-corrected chi connectivity index (χ4v) is 4.68. The number of aromatic nitrogens is 4. The minimum absolute atomic E-state index is 0.286. The Morgan fingerprint density at radius 2 is 2.10 bits per heavy atom. The van der Waals surface area contributed by atoms with Crippen LogP contribution >= 0.6 is 34.5 Å². The van der Waals surface area contributed by atoms with E-state index in [2.05, 4.69) is 36.3 Å². The van der Waals surface area contributed by atoms with Crippen LogP contribution in [-0.2, 0) is 4.74 Å². The SMILES string of the molecule is COC(=O)Nc1cc(-c2sc(-c3nnc[nH]3)c(-c3ccc(Cl)cc3Cl)c2C#N)ccn1. The van der Waals surface area contributed by atoms with Gasteiger partial charge in [0.05, 0.1) is 22.4 Å². The number of carbonyl (C=O) groups is 1. The zero-order valence-electron chi connectivity index (χ0n) is 15.8. The number of hydrogen-bond donors (Lipinski definition) is 2. The molecule has 154 valence electrons. The number of amides is 1. The average molecular weight is 471 g/mol. The maximum absolute atomic E-state index is 11.5. The van der Waals surface area contributed by atoms with E-state index in [0.717, 1.165) is 0 Å². The number of nitrogens with zero attached hydrogens (tertiary/aromatic N) is 4. The molecule has 31 heavy (non-hydrogen) atoms. The summed E-state index contributed by atoms with van der Waals surface area (Å²) < 4.78 is 4.61. The largest absolute Gasteiger partial charge is 0.453 e. The Morgan fingerprint density at radius 1 is 1.26 bits per heavy atom. The predicted molar refractivity (Wildman–Crippen MR) is 119 cm³/mol. The van der Waals surface area contributed by atoms with Crippen molar-refractivity contribution in [2.24, 2.45) is 0 Å². The van der Waals surface area contributed by atoms with Crippen LogP contribution in [0.3, 0.4) is 0 Å². The Labute approximate surface area is 190 Å². The van der Waals surface area contributed by atoms with Crippen LogP contribution in [0.25, 0.3) is 32.3 Å². The molecule has 3 aromatic heterocycles. The molecular weight excluding hydrogens is 459 g/mol. The van der Waals surface area contributed by atoms with Gasteiger partial charge in [0.1, 0.15) is 18.2 Å². The number of nitriles is 1. The lowest BCUT2D eigenvalue weighted by atomic mass is 9.98. The number of thiophene rings is 1. The number of ether oxygens (including phenoxy) is 1. The lowest BCUT2D eigenvalue weighted by molar-refractivity contribution is 0.187. The van der Waals surface area contributed by atoms with Crippen LogP contribution in [0.2, 0.25) is 10.0 Å². The molecule has 0 atom stereocenters. The van der Waals surface area contributed by atoms with Crippen LogP contribution in [0.5, 0.6) is 0 Å². The fourth-order valence-electron chi connectivity index (χ4n) is 2.97. The van der Waals surface area contributed by atoms with Crippen LogP contribution in [0.1, 0.15) is 5.56 Å². The first kappa shape index (κ1) is 20.8. The number of anilines is 1. The van der Waals surface area contributed by atoms with Crippen molar-refractivity contribution in [3.05, 3.63) is 58.5 Å². The van der Waals surface area contributed by atoms with Gasteiger partial charge >= 0.3 is 6.09 Å². The van der Waals surface area contributed by atoms with Crippen molar-refractivity contribution in [2.75, 3.05) is 12.4 Å². The third-order valence-electron chi connectivity index (χ3n) is 4.29. The second-order valence-electron chi connectivity index (χ2n) is 6.13. The first-order chi connectivity index (χ1) is 15.0.